The molecule has 2 aromatic carbocycles. The molecule has 0 unspecified atom stereocenters. The summed E-state index contributed by atoms with van der Waals surface area (Å²) in [5, 5.41) is 3.18. The lowest BCUT2D eigenvalue weighted by molar-refractivity contribution is 0.102. The molecule has 21 heavy (non-hydrogen) atoms. The molecular weight excluding hydrogens is 288 g/mol. The number of carbonyl (C=O) groups excluding carboxylic acids is 1. The Labute approximate surface area is 128 Å². The molecule has 0 aliphatic rings. The molecule has 0 bridgehead atoms. The molecule has 0 fully saturated rings. The molecular formula is C16H17ClN2O2. The average Bonchev–Trinajstić information content (AvgIpc) is 2.42. The first-order valence-electron chi connectivity index (χ1n) is 6.59. The van der Waals surface area contributed by atoms with Crippen LogP contribution in [0.2, 0.25) is 5.02 Å². The monoisotopic (exact) mass is 304 g/mol. The van der Waals surface area contributed by atoms with Gasteiger partial charge in [-0.1, -0.05) is 17.7 Å². The van der Waals surface area contributed by atoms with Crippen LogP contribution in [-0.4, -0.2) is 12.0 Å². The van der Waals surface area contributed by atoms with Gasteiger partial charge in [0.05, 0.1) is 16.8 Å². The van der Waals surface area contributed by atoms with E-state index in [1.807, 2.05) is 19.9 Å². The van der Waals surface area contributed by atoms with Gasteiger partial charge in [-0.15, -0.1) is 0 Å². The van der Waals surface area contributed by atoms with Gasteiger partial charge < -0.3 is 15.8 Å². The molecule has 0 saturated carbocycles. The number of rotatable bonds is 4. The van der Waals surface area contributed by atoms with Crippen LogP contribution in [0.25, 0.3) is 0 Å². The first-order chi connectivity index (χ1) is 9.95. The van der Waals surface area contributed by atoms with Crippen LogP contribution in [0.1, 0.15) is 24.2 Å². The summed E-state index contributed by atoms with van der Waals surface area (Å²) in [5.74, 6) is 0.382. The van der Waals surface area contributed by atoms with Gasteiger partial charge in [-0.2, -0.15) is 0 Å². The fraction of sp³-hybridized carbons (Fsp3) is 0.188. The van der Waals surface area contributed by atoms with Gasteiger partial charge in [-0.05, 0) is 50.2 Å². The van der Waals surface area contributed by atoms with Gasteiger partial charge in [-0.25, -0.2) is 0 Å². The van der Waals surface area contributed by atoms with Crippen molar-refractivity contribution in [2.75, 3.05) is 11.1 Å². The van der Waals surface area contributed by atoms with Crippen LogP contribution in [0.4, 0.5) is 11.4 Å². The first kappa shape index (κ1) is 15.2. The largest absolute Gasteiger partial charge is 0.491 e. The number of nitrogens with one attached hydrogen (secondary N) is 1. The Bertz CT molecular complexity index is 656. The Balaban J connectivity index is 2.18. The molecule has 4 nitrogen and oxygen atoms in total. The summed E-state index contributed by atoms with van der Waals surface area (Å²) in [6, 6.07) is 11.9. The maximum absolute atomic E-state index is 12.2. The molecule has 0 aromatic heterocycles. The van der Waals surface area contributed by atoms with E-state index in [1.165, 1.54) is 0 Å². The zero-order valence-electron chi connectivity index (χ0n) is 11.9. The van der Waals surface area contributed by atoms with Crippen molar-refractivity contribution in [2.24, 2.45) is 0 Å². The second-order valence-electron chi connectivity index (χ2n) is 4.89. The molecule has 0 saturated heterocycles. The minimum absolute atomic E-state index is 0.0478. The molecule has 0 spiro atoms. The van der Waals surface area contributed by atoms with Gasteiger partial charge >= 0.3 is 0 Å². The van der Waals surface area contributed by atoms with Crippen molar-refractivity contribution >= 4 is 28.9 Å². The van der Waals surface area contributed by atoms with Crippen LogP contribution in [0.15, 0.2) is 42.5 Å². The molecule has 0 aliphatic carbocycles. The van der Waals surface area contributed by atoms with Gasteiger partial charge in [0.25, 0.3) is 5.91 Å². The molecule has 0 heterocycles. The second-order valence-corrected chi connectivity index (χ2v) is 5.30. The maximum atomic E-state index is 12.2. The Morgan fingerprint density at radius 2 is 2.00 bits per heavy atom. The summed E-state index contributed by atoms with van der Waals surface area (Å²) >= 11 is 6.03. The summed E-state index contributed by atoms with van der Waals surface area (Å²) in [5.41, 5.74) is 7.20. The van der Waals surface area contributed by atoms with Crippen LogP contribution < -0.4 is 15.8 Å². The van der Waals surface area contributed by atoms with Crippen molar-refractivity contribution in [1.82, 2.24) is 0 Å². The Hall–Kier alpha value is -2.20. The lowest BCUT2D eigenvalue weighted by Gasteiger charge is -2.11. The lowest BCUT2D eigenvalue weighted by Crippen LogP contribution is -2.13. The standard InChI is InChI=1S/C16H17ClN2O2/c1-10(2)21-13-5-3-4-11(8-13)16(20)19-15-9-12(18)6-7-14(15)17/h3-10H,18H2,1-2H3,(H,19,20). The third kappa shape index (κ3) is 4.13. The van der Waals surface area contributed by atoms with Crippen LogP contribution >= 0.6 is 11.6 Å². The Morgan fingerprint density at radius 3 is 2.71 bits per heavy atom. The number of nitrogens with two attached hydrogens (primary N) is 1. The summed E-state index contributed by atoms with van der Waals surface area (Å²) in [7, 11) is 0. The highest BCUT2D eigenvalue weighted by Gasteiger charge is 2.10. The fourth-order valence-electron chi connectivity index (χ4n) is 1.82. The van der Waals surface area contributed by atoms with Gasteiger partial charge in [0.2, 0.25) is 0 Å². The molecule has 2 aromatic rings. The van der Waals surface area contributed by atoms with E-state index in [0.717, 1.165) is 0 Å². The number of benzene rings is 2. The highest BCUT2D eigenvalue weighted by Crippen LogP contribution is 2.25. The Kier molecular flexibility index (Phi) is 4.70. The average molecular weight is 305 g/mol. The minimum Gasteiger partial charge on any atom is -0.491 e. The van der Waals surface area contributed by atoms with E-state index in [9.17, 15) is 4.79 Å². The Morgan fingerprint density at radius 1 is 1.24 bits per heavy atom. The second kappa shape index (κ2) is 6.50. The molecule has 5 heteroatoms. The van der Waals surface area contributed by atoms with Crippen LogP contribution in [0.5, 0.6) is 5.75 Å². The predicted octanol–water partition coefficient (Wildman–Crippen LogP) is 3.96. The van der Waals surface area contributed by atoms with Crippen LogP contribution in [-0.2, 0) is 0 Å². The minimum atomic E-state index is -0.267. The van der Waals surface area contributed by atoms with E-state index in [2.05, 4.69) is 5.32 Å². The van der Waals surface area contributed by atoms with Gasteiger partial charge in [0.15, 0.2) is 0 Å². The zero-order chi connectivity index (χ0) is 15.4. The predicted molar refractivity (Wildman–Crippen MR) is 86.0 cm³/mol. The quantitative estimate of drug-likeness (QED) is 0.840. The third-order valence-corrected chi connectivity index (χ3v) is 3.04. The number of hydrogen-bond acceptors (Lipinski definition) is 3. The molecule has 2 rings (SSSR count). The van der Waals surface area contributed by atoms with Crippen molar-refractivity contribution < 1.29 is 9.53 Å². The highest BCUT2D eigenvalue weighted by molar-refractivity contribution is 6.34. The van der Waals surface area contributed by atoms with Gasteiger partial charge in [-0.3, -0.25) is 4.79 Å². The van der Waals surface area contributed by atoms with Crippen LogP contribution in [0.3, 0.4) is 0 Å². The van der Waals surface area contributed by atoms with E-state index in [4.69, 9.17) is 22.1 Å². The van der Waals surface area contributed by atoms with Crippen molar-refractivity contribution in [3.05, 3.63) is 53.1 Å². The molecule has 110 valence electrons. The fourth-order valence-corrected chi connectivity index (χ4v) is 1.98. The molecule has 0 radical (unpaired) electrons. The number of hydrogen-bond donors (Lipinski definition) is 2. The van der Waals surface area contributed by atoms with Gasteiger partial charge in [0.1, 0.15) is 5.75 Å². The highest BCUT2D eigenvalue weighted by atomic mass is 35.5. The summed E-state index contributed by atoms with van der Waals surface area (Å²) < 4.78 is 5.57. The molecule has 0 aliphatic heterocycles. The molecule has 0 atom stereocenters. The topological polar surface area (TPSA) is 64.3 Å². The van der Waals surface area contributed by atoms with E-state index < -0.39 is 0 Å². The summed E-state index contributed by atoms with van der Waals surface area (Å²) in [4.78, 5) is 12.2. The maximum Gasteiger partial charge on any atom is 0.255 e. The first-order valence-corrected chi connectivity index (χ1v) is 6.96. The van der Waals surface area contributed by atoms with E-state index in [-0.39, 0.29) is 12.0 Å². The van der Waals surface area contributed by atoms with Crippen LogP contribution in [0, 0.1) is 0 Å². The van der Waals surface area contributed by atoms with Gasteiger partial charge in [0, 0.05) is 11.3 Å². The smallest absolute Gasteiger partial charge is 0.255 e. The SMILES string of the molecule is CC(C)Oc1cccc(C(=O)Nc2cc(N)ccc2Cl)c1. The van der Waals surface area contributed by atoms with E-state index >= 15 is 0 Å². The number of nitrogen functional groups attached to an aromatic ring is 1. The van der Waals surface area contributed by atoms with Crippen molar-refractivity contribution in [2.45, 2.75) is 20.0 Å². The molecule has 1 amide bonds. The summed E-state index contributed by atoms with van der Waals surface area (Å²) in [6.07, 6.45) is 0.0478. The number of ether oxygens (including phenoxy) is 1. The van der Waals surface area contributed by atoms with Crippen molar-refractivity contribution in [3.63, 3.8) is 0 Å². The molecule has 3 N–H and O–H groups in total. The van der Waals surface area contributed by atoms with E-state index in [1.54, 1.807) is 36.4 Å². The van der Waals surface area contributed by atoms with E-state index in [0.29, 0.717) is 27.7 Å². The number of anilines is 2. The summed E-state index contributed by atoms with van der Waals surface area (Å²) in [6.45, 7) is 3.86. The number of amides is 1. The van der Waals surface area contributed by atoms with Crippen molar-refractivity contribution in [1.29, 1.82) is 0 Å². The lowest BCUT2D eigenvalue weighted by atomic mass is 10.2. The number of carbonyl (C=O) groups is 1. The zero-order valence-corrected chi connectivity index (χ0v) is 12.6. The number of halogens is 1. The third-order valence-electron chi connectivity index (χ3n) is 2.71. The normalized spacial score (nSPS) is 10.5. The van der Waals surface area contributed by atoms with Crippen molar-refractivity contribution in [3.8, 4) is 5.75 Å².